The van der Waals surface area contributed by atoms with Crippen LogP contribution in [0.5, 0.6) is 5.75 Å². The van der Waals surface area contributed by atoms with Crippen LogP contribution in [0.4, 0.5) is 5.69 Å². The highest BCUT2D eigenvalue weighted by Gasteiger charge is 2.25. The van der Waals surface area contributed by atoms with E-state index in [1.807, 2.05) is 0 Å². The average Bonchev–Trinajstić information content (AvgIpc) is 2.46. The fourth-order valence-electron chi connectivity index (χ4n) is 2.49. The number of carbonyl (C=O) groups excluding carboxylic acids is 1. The molecule has 0 aromatic heterocycles. The summed E-state index contributed by atoms with van der Waals surface area (Å²) in [4.78, 5) is 22.5. The molecule has 0 heterocycles. The van der Waals surface area contributed by atoms with Gasteiger partial charge in [-0.3, -0.25) is 4.79 Å². The number of carboxylic acid groups (broad SMARTS) is 1. The molecule has 0 aliphatic heterocycles. The monoisotopic (exact) mass is 292 g/mol. The molecule has 2 rings (SSSR count). The molecular formula is C15H20N2O4. The number of rotatable bonds is 5. The van der Waals surface area contributed by atoms with Crippen molar-refractivity contribution in [3.8, 4) is 5.75 Å². The van der Waals surface area contributed by atoms with Crippen LogP contribution in [0.3, 0.4) is 0 Å². The molecule has 6 heteroatoms. The van der Waals surface area contributed by atoms with E-state index in [0.29, 0.717) is 11.4 Å². The summed E-state index contributed by atoms with van der Waals surface area (Å²) in [6.07, 6.45) is 3.57. The number of benzene rings is 1. The van der Waals surface area contributed by atoms with Gasteiger partial charge in [-0.05, 0) is 43.5 Å². The average molecular weight is 292 g/mol. The van der Waals surface area contributed by atoms with E-state index >= 15 is 0 Å². The normalized spacial score (nSPS) is 21.6. The van der Waals surface area contributed by atoms with Gasteiger partial charge < -0.3 is 20.9 Å². The van der Waals surface area contributed by atoms with Crippen molar-refractivity contribution < 1.29 is 19.4 Å². The van der Waals surface area contributed by atoms with E-state index < -0.39 is 5.97 Å². The molecule has 1 saturated carbocycles. The number of hydrogen-bond acceptors (Lipinski definition) is 4. The van der Waals surface area contributed by atoms with Gasteiger partial charge in [-0.1, -0.05) is 6.42 Å². The highest BCUT2D eigenvalue weighted by Crippen LogP contribution is 2.25. The Morgan fingerprint density at radius 1 is 1.29 bits per heavy atom. The molecule has 2 atom stereocenters. The van der Waals surface area contributed by atoms with Gasteiger partial charge in [0.1, 0.15) is 5.75 Å². The summed E-state index contributed by atoms with van der Waals surface area (Å²) in [5.74, 6) is -0.614. The molecule has 1 aliphatic carbocycles. The van der Waals surface area contributed by atoms with Gasteiger partial charge in [-0.15, -0.1) is 0 Å². The predicted octanol–water partition coefficient (Wildman–Crippen LogP) is 1.61. The zero-order valence-electron chi connectivity index (χ0n) is 11.7. The molecule has 0 saturated heterocycles. The van der Waals surface area contributed by atoms with Gasteiger partial charge in [0.15, 0.2) is 6.61 Å². The Morgan fingerprint density at radius 2 is 2.00 bits per heavy atom. The van der Waals surface area contributed by atoms with Gasteiger partial charge in [0.25, 0.3) is 0 Å². The molecule has 114 valence electrons. The second-order valence-corrected chi connectivity index (χ2v) is 5.32. The minimum atomic E-state index is -1.03. The Kier molecular flexibility index (Phi) is 5.16. The molecule has 6 nitrogen and oxygen atoms in total. The van der Waals surface area contributed by atoms with E-state index in [1.165, 1.54) is 0 Å². The largest absolute Gasteiger partial charge is 0.482 e. The van der Waals surface area contributed by atoms with Gasteiger partial charge in [0.2, 0.25) is 5.91 Å². The summed E-state index contributed by atoms with van der Waals surface area (Å²) < 4.78 is 5.03. The van der Waals surface area contributed by atoms with Crippen molar-refractivity contribution in [3.05, 3.63) is 24.3 Å². The first-order valence-electron chi connectivity index (χ1n) is 7.05. The Bertz CT molecular complexity index is 501. The first-order valence-corrected chi connectivity index (χ1v) is 7.05. The van der Waals surface area contributed by atoms with Gasteiger partial charge in [-0.2, -0.15) is 0 Å². The third-order valence-electron chi connectivity index (χ3n) is 3.57. The van der Waals surface area contributed by atoms with Crippen molar-refractivity contribution in [3.63, 3.8) is 0 Å². The molecule has 21 heavy (non-hydrogen) atoms. The van der Waals surface area contributed by atoms with Crippen LogP contribution in [0.2, 0.25) is 0 Å². The second-order valence-electron chi connectivity index (χ2n) is 5.32. The minimum Gasteiger partial charge on any atom is -0.482 e. The van der Waals surface area contributed by atoms with Crippen LogP contribution < -0.4 is 15.8 Å². The lowest BCUT2D eigenvalue weighted by Gasteiger charge is -2.25. The van der Waals surface area contributed by atoms with E-state index in [9.17, 15) is 9.59 Å². The van der Waals surface area contributed by atoms with E-state index in [4.69, 9.17) is 15.6 Å². The Labute approximate surface area is 123 Å². The molecule has 0 radical (unpaired) electrons. The highest BCUT2D eigenvalue weighted by atomic mass is 16.5. The Balaban J connectivity index is 1.87. The molecule has 1 aromatic rings. The van der Waals surface area contributed by atoms with Gasteiger partial charge >= 0.3 is 5.97 Å². The van der Waals surface area contributed by atoms with Crippen molar-refractivity contribution >= 4 is 17.6 Å². The lowest BCUT2D eigenvalue weighted by atomic mass is 9.85. The summed E-state index contributed by atoms with van der Waals surface area (Å²) in [5.41, 5.74) is 6.56. The number of carbonyl (C=O) groups is 2. The van der Waals surface area contributed by atoms with Crippen LogP contribution >= 0.6 is 0 Å². The highest BCUT2D eigenvalue weighted by molar-refractivity contribution is 5.92. The maximum atomic E-state index is 12.1. The van der Waals surface area contributed by atoms with E-state index in [-0.39, 0.29) is 24.5 Å². The molecule has 1 fully saturated rings. The topological polar surface area (TPSA) is 102 Å². The minimum absolute atomic E-state index is 0.00986. The molecule has 0 bridgehead atoms. The van der Waals surface area contributed by atoms with Crippen LogP contribution in [0.1, 0.15) is 25.7 Å². The van der Waals surface area contributed by atoms with E-state index in [1.54, 1.807) is 24.3 Å². The number of nitrogens with two attached hydrogens (primary N) is 1. The third kappa shape index (κ3) is 4.75. The smallest absolute Gasteiger partial charge is 0.341 e. The van der Waals surface area contributed by atoms with Crippen molar-refractivity contribution in [2.45, 2.75) is 31.7 Å². The van der Waals surface area contributed by atoms with Crippen LogP contribution in [0.25, 0.3) is 0 Å². The number of ether oxygens (including phenoxy) is 1. The lowest BCUT2D eigenvalue weighted by molar-refractivity contribution is -0.139. The van der Waals surface area contributed by atoms with Crippen LogP contribution in [0.15, 0.2) is 24.3 Å². The summed E-state index contributed by atoms with van der Waals surface area (Å²) >= 11 is 0. The quantitative estimate of drug-likeness (QED) is 0.765. The van der Waals surface area contributed by atoms with Crippen molar-refractivity contribution in [1.29, 1.82) is 0 Å². The molecule has 1 aliphatic rings. The molecule has 1 aromatic carbocycles. The zero-order chi connectivity index (χ0) is 15.2. The number of amides is 1. The number of aliphatic carboxylic acids is 1. The first kappa shape index (κ1) is 15.3. The summed E-state index contributed by atoms with van der Waals surface area (Å²) in [7, 11) is 0. The summed E-state index contributed by atoms with van der Waals surface area (Å²) in [5, 5.41) is 11.4. The van der Waals surface area contributed by atoms with Crippen molar-refractivity contribution in [2.75, 3.05) is 11.9 Å². The van der Waals surface area contributed by atoms with Gasteiger partial charge in [0.05, 0.1) is 0 Å². The van der Waals surface area contributed by atoms with Crippen LogP contribution in [-0.2, 0) is 9.59 Å². The standard InChI is InChI=1S/C15H20N2O4/c16-11-3-1-2-10(8-11)15(20)17-12-4-6-13(7-5-12)21-9-14(18)19/h4-7,10-11H,1-3,8-9,16H2,(H,17,20)(H,18,19). The number of hydrogen-bond donors (Lipinski definition) is 3. The maximum absolute atomic E-state index is 12.1. The van der Waals surface area contributed by atoms with E-state index in [0.717, 1.165) is 25.7 Å². The van der Waals surface area contributed by atoms with Crippen LogP contribution in [-0.4, -0.2) is 29.6 Å². The molecule has 2 unspecified atom stereocenters. The maximum Gasteiger partial charge on any atom is 0.341 e. The first-order chi connectivity index (χ1) is 10.0. The van der Waals surface area contributed by atoms with Crippen molar-refractivity contribution in [2.24, 2.45) is 11.7 Å². The molecule has 1 amide bonds. The van der Waals surface area contributed by atoms with Gasteiger partial charge in [0, 0.05) is 17.6 Å². The summed E-state index contributed by atoms with van der Waals surface area (Å²) in [6, 6.07) is 6.76. The summed E-state index contributed by atoms with van der Waals surface area (Å²) in [6.45, 7) is -0.383. The fourth-order valence-corrected chi connectivity index (χ4v) is 2.49. The number of anilines is 1. The molecular weight excluding hydrogens is 272 g/mol. The van der Waals surface area contributed by atoms with Crippen molar-refractivity contribution in [1.82, 2.24) is 0 Å². The predicted molar refractivity (Wildman–Crippen MR) is 78.1 cm³/mol. The number of nitrogens with one attached hydrogen (secondary N) is 1. The lowest BCUT2D eigenvalue weighted by Crippen LogP contribution is -2.34. The van der Waals surface area contributed by atoms with E-state index in [2.05, 4.69) is 5.32 Å². The van der Waals surface area contributed by atoms with Crippen LogP contribution in [0, 0.1) is 5.92 Å². The molecule has 0 spiro atoms. The Hall–Kier alpha value is -2.08. The van der Waals surface area contributed by atoms with Gasteiger partial charge in [-0.25, -0.2) is 4.79 Å². The fraction of sp³-hybridized carbons (Fsp3) is 0.467. The SMILES string of the molecule is NC1CCCC(C(=O)Nc2ccc(OCC(=O)O)cc2)C1. The Morgan fingerprint density at radius 3 is 2.62 bits per heavy atom. The third-order valence-corrected chi connectivity index (χ3v) is 3.57. The molecule has 4 N–H and O–H groups in total. The number of carboxylic acids is 1. The second kappa shape index (κ2) is 7.08. The zero-order valence-corrected chi connectivity index (χ0v) is 11.7.